The lowest BCUT2D eigenvalue weighted by atomic mass is 10.0. The molecule has 5 nitrogen and oxygen atoms in total. The van der Waals surface area contributed by atoms with E-state index < -0.39 is 10.0 Å². The summed E-state index contributed by atoms with van der Waals surface area (Å²) in [5, 5.41) is 2.99. The lowest BCUT2D eigenvalue weighted by molar-refractivity contribution is 0.587. The highest BCUT2D eigenvalue weighted by Gasteiger charge is 2.04. The van der Waals surface area contributed by atoms with Crippen LogP contribution in [-0.4, -0.2) is 26.7 Å². The van der Waals surface area contributed by atoms with Gasteiger partial charge in [0.15, 0.2) is 0 Å². The summed E-state index contributed by atoms with van der Waals surface area (Å²) in [5.41, 5.74) is 2.97. The van der Waals surface area contributed by atoms with E-state index in [1.807, 2.05) is 43.4 Å². The number of anilines is 1. The molecule has 0 amide bonds. The number of hydrogen-bond donors (Lipinski definition) is 2. The second kappa shape index (κ2) is 6.02. The molecular formula is C14H17N3O2S. The third-order valence-corrected chi connectivity index (χ3v) is 3.48. The summed E-state index contributed by atoms with van der Waals surface area (Å²) in [7, 11) is -1.36. The first-order valence-electron chi connectivity index (χ1n) is 6.16. The summed E-state index contributed by atoms with van der Waals surface area (Å²) in [4.78, 5) is 4.17. The zero-order chi connectivity index (χ0) is 14.6. The molecule has 2 rings (SSSR count). The molecule has 0 fully saturated rings. The van der Waals surface area contributed by atoms with Crippen LogP contribution in [0.15, 0.2) is 42.6 Å². The molecule has 1 aromatic heterocycles. The first-order chi connectivity index (χ1) is 9.48. The highest BCUT2D eigenvalue weighted by Crippen LogP contribution is 2.22. The van der Waals surface area contributed by atoms with Gasteiger partial charge in [-0.2, -0.15) is 0 Å². The molecule has 0 aliphatic heterocycles. The Hall–Kier alpha value is -1.92. The van der Waals surface area contributed by atoms with Crippen LogP contribution < -0.4 is 10.0 Å². The highest BCUT2D eigenvalue weighted by atomic mass is 32.2. The quantitative estimate of drug-likeness (QED) is 0.882. The van der Waals surface area contributed by atoms with E-state index in [-0.39, 0.29) is 6.54 Å². The molecule has 0 unspecified atom stereocenters. The molecule has 0 spiro atoms. The highest BCUT2D eigenvalue weighted by molar-refractivity contribution is 7.88. The number of rotatable bonds is 5. The van der Waals surface area contributed by atoms with Gasteiger partial charge in [-0.15, -0.1) is 0 Å². The van der Waals surface area contributed by atoms with Gasteiger partial charge in [-0.1, -0.05) is 18.2 Å². The third kappa shape index (κ3) is 4.04. The molecule has 1 heterocycles. The molecule has 0 bridgehead atoms. The molecule has 2 aromatic rings. The summed E-state index contributed by atoms with van der Waals surface area (Å²) in [6, 6.07) is 11.6. The van der Waals surface area contributed by atoms with Gasteiger partial charge in [0.1, 0.15) is 5.82 Å². The Labute approximate surface area is 119 Å². The summed E-state index contributed by atoms with van der Waals surface area (Å²) in [6.45, 7) is 0.288. The van der Waals surface area contributed by atoms with Crippen molar-refractivity contribution in [2.45, 2.75) is 6.54 Å². The molecule has 0 saturated carbocycles. The van der Waals surface area contributed by atoms with Gasteiger partial charge in [0.25, 0.3) is 0 Å². The van der Waals surface area contributed by atoms with Crippen molar-refractivity contribution < 1.29 is 8.42 Å². The Balaban J connectivity index is 2.24. The molecule has 0 atom stereocenters. The molecular weight excluding hydrogens is 274 g/mol. The predicted molar refractivity (Wildman–Crippen MR) is 80.9 cm³/mol. The average molecular weight is 291 g/mol. The van der Waals surface area contributed by atoms with Crippen LogP contribution >= 0.6 is 0 Å². The maximum absolute atomic E-state index is 11.1. The van der Waals surface area contributed by atoms with Crippen molar-refractivity contribution in [3.05, 3.63) is 48.2 Å². The molecule has 20 heavy (non-hydrogen) atoms. The maximum Gasteiger partial charge on any atom is 0.209 e. The van der Waals surface area contributed by atoms with E-state index in [1.165, 1.54) is 0 Å². The molecule has 6 heteroatoms. The molecule has 106 valence electrons. The fourth-order valence-electron chi connectivity index (χ4n) is 1.82. The van der Waals surface area contributed by atoms with Crippen LogP contribution in [0.4, 0.5) is 5.82 Å². The largest absolute Gasteiger partial charge is 0.373 e. The van der Waals surface area contributed by atoms with Gasteiger partial charge < -0.3 is 5.32 Å². The second-order valence-electron chi connectivity index (χ2n) is 4.47. The minimum Gasteiger partial charge on any atom is -0.373 e. The van der Waals surface area contributed by atoms with Gasteiger partial charge in [-0.05, 0) is 34.9 Å². The monoisotopic (exact) mass is 291 g/mol. The Bertz CT molecular complexity index is 699. The lowest BCUT2D eigenvalue weighted by Gasteiger charge is -2.07. The topological polar surface area (TPSA) is 71.1 Å². The van der Waals surface area contributed by atoms with Crippen molar-refractivity contribution in [2.75, 3.05) is 18.6 Å². The van der Waals surface area contributed by atoms with Crippen molar-refractivity contribution >= 4 is 15.8 Å². The van der Waals surface area contributed by atoms with Gasteiger partial charge in [-0.25, -0.2) is 18.1 Å². The zero-order valence-corrected chi connectivity index (χ0v) is 12.2. The van der Waals surface area contributed by atoms with Crippen molar-refractivity contribution in [3.63, 3.8) is 0 Å². The standard InChI is InChI=1S/C14H17N3O2S/c1-15-14-9-13(6-7-16-14)12-5-3-4-11(8-12)10-17-20(2,18)19/h3-9,17H,10H2,1-2H3,(H,15,16). The van der Waals surface area contributed by atoms with Gasteiger partial charge in [0.05, 0.1) is 6.26 Å². The van der Waals surface area contributed by atoms with E-state index in [9.17, 15) is 8.42 Å². The smallest absolute Gasteiger partial charge is 0.209 e. The van der Waals surface area contributed by atoms with Crippen LogP contribution in [0.25, 0.3) is 11.1 Å². The fourth-order valence-corrected chi connectivity index (χ4v) is 2.25. The molecule has 0 saturated heterocycles. The summed E-state index contributed by atoms with van der Waals surface area (Å²) >= 11 is 0. The van der Waals surface area contributed by atoms with Crippen molar-refractivity contribution in [1.29, 1.82) is 0 Å². The number of nitrogens with zero attached hydrogens (tertiary/aromatic N) is 1. The SMILES string of the molecule is CNc1cc(-c2cccc(CNS(C)(=O)=O)c2)ccn1. The van der Waals surface area contributed by atoms with Crippen molar-refractivity contribution in [2.24, 2.45) is 0 Å². The summed E-state index contributed by atoms with van der Waals surface area (Å²) in [5.74, 6) is 0.794. The molecule has 0 aliphatic carbocycles. The summed E-state index contributed by atoms with van der Waals surface area (Å²) < 4.78 is 24.7. The lowest BCUT2D eigenvalue weighted by Crippen LogP contribution is -2.21. The van der Waals surface area contributed by atoms with E-state index in [0.29, 0.717) is 0 Å². The van der Waals surface area contributed by atoms with Crippen LogP contribution in [0, 0.1) is 0 Å². The van der Waals surface area contributed by atoms with Crippen molar-refractivity contribution in [3.8, 4) is 11.1 Å². The van der Waals surface area contributed by atoms with Gasteiger partial charge in [0.2, 0.25) is 10.0 Å². The Morgan fingerprint density at radius 1 is 1.15 bits per heavy atom. The molecule has 0 aliphatic rings. The summed E-state index contributed by atoms with van der Waals surface area (Å²) in [6.07, 6.45) is 2.89. The van der Waals surface area contributed by atoms with Crippen LogP contribution in [0.3, 0.4) is 0 Å². The number of pyridine rings is 1. The first kappa shape index (κ1) is 14.5. The minimum atomic E-state index is -3.18. The fraction of sp³-hybridized carbons (Fsp3) is 0.214. The number of sulfonamides is 1. The number of nitrogens with one attached hydrogen (secondary N) is 2. The van der Waals surface area contributed by atoms with Crippen LogP contribution in [0.1, 0.15) is 5.56 Å². The van der Waals surface area contributed by atoms with Crippen LogP contribution in [-0.2, 0) is 16.6 Å². The van der Waals surface area contributed by atoms with E-state index in [1.54, 1.807) is 6.20 Å². The number of aromatic nitrogens is 1. The van der Waals surface area contributed by atoms with Gasteiger partial charge in [0, 0.05) is 19.8 Å². The maximum atomic E-state index is 11.1. The van der Waals surface area contributed by atoms with Crippen LogP contribution in [0.2, 0.25) is 0 Å². The van der Waals surface area contributed by atoms with Crippen LogP contribution in [0.5, 0.6) is 0 Å². The Morgan fingerprint density at radius 2 is 1.90 bits per heavy atom. The normalized spacial score (nSPS) is 11.3. The number of hydrogen-bond acceptors (Lipinski definition) is 4. The van der Waals surface area contributed by atoms with Crippen molar-refractivity contribution in [1.82, 2.24) is 9.71 Å². The molecule has 0 radical (unpaired) electrons. The Kier molecular flexibility index (Phi) is 4.36. The van der Waals surface area contributed by atoms with E-state index in [0.717, 1.165) is 28.8 Å². The minimum absolute atomic E-state index is 0.288. The van der Waals surface area contributed by atoms with E-state index >= 15 is 0 Å². The predicted octanol–water partition coefficient (Wildman–Crippen LogP) is 1.84. The average Bonchev–Trinajstić information content (AvgIpc) is 2.45. The first-order valence-corrected chi connectivity index (χ1v) is 8.05. The Morgan fingerprint density at radius 3 is 2.60 bits per heavy atom. The second-order valence-corrected chi connectivity index (χ2v) is 6.31. The zero-order valence-electron chi connectivity index (χ0n) is 11.4. The van der Waals surface area contributed by atoms with Gasteiger partial charge in [-0.3, -0.25) is 0 Å². The molecule has 2 N–H and O–H groups in total. The third-order valence-electron chi connectivity index (χ3n) is 2.81. The van der Waals surface area contributed by atoms with E-state index in [4.69, 9.17) is 0 Å². The number of benzene rings is 1. The van der Waals surface area contributed by atoms with Gasteiger partial charge >= 0.3 is 0 Å². The molecule has 1 aromatic carbocycles. The van der Waals surface area contributed by atoms with E-state index in [2.05, 4.69) is 15.0 Å².